The highest BCUT2D eigenvalue weighted by Gasteiger charge is 2.18. The van der Waals surface area contributed by atoms with Gasteiger partial charge in [0.15, 0.2) is 0 Å². The van der Waals surface area contributed by atoms with Crippen molar-refractivity contribution in [3.05, 3.63) is 90.4 Å². The molecule has 0 aliphatic rings. The van der Waals surface area contributed by atoms with Crippen molar-refractivity contribution < 1.29 is 0 Å². The minimum Gasteiger partial charge on any atom is -0.361 e. The number of benzene rings is 2. The molecule has 0 saturated carbocycles. The van der Waals surface area contributed by atoms with Crippen LogP contribution in [0.1, 0.15) is 17.0 Å². The van der Waals surface area contributed by atoms with E-state index in [2.05, 4.69) is 75.0 Å². The fraction of sp³-hybridized carbons (Fsp3) is 0.100. The molecule has 0 aliphatic heterocycles. The van der Waals surface area contributed by atoms with Crippen molar-refractivity contribution in [2.45, 2.75) is 5.92 Å². The van der Waals surface area contributed by atoms with E-state index in [0.717, 1.165) is 12.1 Å². The number of anilines is 1. The van der Waals surface area contributed by atoms with Crippen LogP contribution in [-0.4, -0.2) is 21.5 Å². The molecule has 1 atom stereocenters. The van der Waals surface area contributed by atoms with E-state index < -0.39 is 0 Å². The van der Waals surface area contributed by atoms with Gasteiger partial charge in [-0.15, -0.1) is 0 Å². The molecule has 4 heteroatoms. The summed E-state index contributed by atoms with van der Waals surface area (Å²) in [4.78, 5) is 11.9. The second kappa shape index (κ2) is 6.54. The molecule has 0 aliphatic carbocycles. The van der Waals surface area contributed by atoms with Crippen LogP contribution in [0.15, 0.2) is 79.3 Å². The second-order valence-electron chi connectivity index (χ2n) is 5.71. The van der Waals surface area contributed by atoms with E-state index in [1.165, 1.54) is 16.5 Å². The monoisotopic (exact) mass is 314 g/mol. The summed E-state index contributed by atoms with van der Waals surface area (Å²) in [5.74, 6) is 0.865. The molecule has 0 fully saturated rings. The fourth-order valence-corrected chi connectivity index (χ4v) is 3.06. The van der Waals surface area contributed by atoms with Crippen LogP contribution in [0.2, 0.25) is 0 Å². The minimum atomic E-state index is 0.214. The molecule has 2 N–H and O–H groups in total. The highest BCUT2D eigenvalue weighted by Crippen LogP contribution is 2.30. The number of rotatable bonds is 5. The molecular formula is C20H18N4. The number of fused-ring (bicyclic) bond motifs is 1. The Balaban J connectivity index is 1.71. The van der Waals surface area contributed by atoms with Gasteiger partial charge in [-0.25, -0.2) is 9.97 Å². The quantitative estimate of drug-likeness (QED) is 0.580. The third kappa shape index (κ3) is 2.86. The van der Waals surface area contributed by atoms with Crippen LogP contribution in [-0.2, 0) is 0 Å². The van der Waals surface area contributed by atoms with Gasteiger partial charge in [-0.05, 0) is 23.3 Å². The zero-order chi connectivity index (χ0) is 16.2. The first-order valence-corrected chi connectivity index (χ1v) is 8.03. The Morgan fingerprint density at radius 1 is 0.875 bits per heavy atom. The molecular weight excluding hydrogens is 296 g/mol. The van der Waals surface area contributed by atoms with Gasteiger partial charge in [0.2, 0.25) is 5.95 Å². The Bertz CT molecular complexity index is 916. The number of nitrogens with one attached hydrogen (secondary N) is 2. The van der Waals surface area contributed by atoms with Crippen LogP contribution < -0.4 is 5.32 Å². The highest BCUT2D eigenvalue weighted by atomic mass is 15.1. The molecule has 4 aromatic rings. The van der Waals surface area contributed by atoms with Crippen molar-refractivity contribution in [3.8, 4) is 0 Å². The first-order chi connectivity index (χ1) is 11.9. The molecule has 0 spiro atoms. The number of H-pyrrole nitrogens is 1. The van der Waals surface area contributed by atoms with Crippen LogP contribution in [0.3, 0.4) is 0 Å². The van der Waals surface area contributed by atoms with Gasteiger partial charge in [0.25, 0.3) is 0 Å². The molecule has 4 rings (SSSR count). The van der Waals surface area contributed by atoms with Crippen LogP contribution in [0.4, 0.5) is 5.95 Å². The number of para-hydroxylation sites is 1. The zero-order valence-electron chi connectivity index (χ0n) is 13.2. The van der Waals surface area contributed by atoms with Crippen molar-refractivity contribution in [2.24, 2.45) is 0 Å². The molecule has 24 heavy (non-hydrogen) atoms. The lowest BCUT2D eigenvalue weighted by Crippen LogP contribution is -2.15. The topological polar surface area (TPSA) is 53.6 Å². The van der Waals surface area contributed by atoms with E-state index in [9.17, 15) is 0 Å². The van der Waals surface area contributed by atoms with E-state index >= 15 is 0 Å². The van der Waals surface area contributed by atoms with Gasteiger partial charge in [0.1, 0.15) is 0 Å². The fourth-order valence-electron chi connectivity index (χ4n) is 3.06. The third-order valence-electron chi connectivity index (χ3n) is 4.23. The van der Waals surface area contributed by atoms with Gasteiger partial charge < -0.3 is 10.3 Å². The molecule has 2 aromatic carbocycles. The first kappa shape index (κ1) is 14.5. The number of aromatic nitrogens is 3. The number of aromatic amines is 1. The maximum absolute atomic E-state index is 4.26. The van der Waals surface area contributed by atoms with Crippen molar-refractivity contribution in [1.82, 2.24) is 15.0 Å². The summed E-state index contributed by atoms with van der Waals surface area (Å²) >= 11 is 0. The molecule has 1 unspecified atom stereocenters. The van der Waals surface area contributed by atoms with Gasteiger partial charge in [-0.2, -0.15) is 0 Å². The predicted molar refractivity (Wildman–Crippen MR) is 97.1 cm³/mol. The SMILES string of the molecule is c1ccc(C(CNc2ncccn2)c2c[nH]c3ccccc23)cc1. The van der Waals surface area contributed by atoms with E-state index in [0.29, 0.717) is 5.95 Å². The van der Waals surface area contributed by atoms with Crippen molar-refractivity contribution in [3.63, 3.8) is 0 Å². The largest absolute Gasteiger partial charge is 0.361 e. The summed E-state index contributed by atoms with van der Waals surface area (Å²) in [6, 6.07) is 20.8. The molecule has 2 aromatic heterocycles. The Kier molecular flexibility index (Phi) is 3.94. The van der Waals surface area contributed by atoms with Crippen molar-refractivity contribution >= 4 is 16.9 Å². The predicted octanol–water partition coefficient (Wildman–Crippen LogP) is 4.20. The molecule has 0 bridgehead atoms. The van der Waals surface area contributed by atoms with Gasteiger partial charge in [0, 0.05) is 42.0 Å². The lowest BCUT2D eigenvalue weighted by molar-refractivity contribution is 0.849. The summed E-state index contributed by atoms with van der Waals surface area (Å²) in [7, 11) is 0. The summed E-state index contributed by atoms with van der Waals surface area (Å²) in [5, 5.41) is 4.61. The standard InChI is InChI=1S/C20H18N4/c1-2-7-15(8-3-1)17(13-24-20-21-11-6-12-22-20)18-14-23-19-10-5-4-9-16(18)19/h1-12,14,17,23H,13H2,(H,21,22,24). The third-order valence-corrected chi connectivity index (χ3v) is 4.23. The zero-order valence-corrected chi connectivity index (χ0v) is 13.2. The lowest BCUT2D eigenvalue weighted by atomic mass is 9.91. The Morgan fingerprint density at radius 2 is 1.62 bits per heavy atom. The maximum Gasteiger partial charge on any atom is 0.222 e. The normalized spacial score (nSPS) is 12.2. The van der Waals surface area contributed by atoms with E-state index in [-0.39, 0.29) is 5.92 Å². The van der Waals surface area contributed by atoms with Gasteiger partial charge in [0.05, 0.1) is 0 Å². The van der Waals surface area contributed by atoms with Crippen LogP contribution in [0, 0.1) is 0 Å². The van der Waals surface area contributed by atoms with Crippen LogP contribution in [0.25, 0.3) is 10.9 Å². The van der Waals surface area contributed by atoms with Gasteiger partial charge in [-0.3, -0.25) is 0 Å². The summed E-state index contributed by atoms with van der Waals surface area (Å²) in [5.41, 5.74) is 3.70. The Morgan fingerprint density at radius 3 is 2.46 bits per heavy atom. The lowest BCUT2D eigenvalue weighted by Gasteiger charge is -2.18. The average Bonchev–Trinajstić information content (AvgIpc) is 3.08. The number of hydrogen-bond acceptors (Lipinski definition) is 3. The van der Waals surface area contributed by atoms with E-state index in [1.54, 1.807) is 12.4 Å². The second-order valence-corrected chi connectivity index (χ2v) is 5.71. The van der Waals surface area contributed by atoms with Crippen LogP contribution >= 0.6 is 0 Å². The van der Waals surface area contributed by atoms with E-state index in [4.69, 9.17) is 0 Å². The number of nitrogens with zero attached hydrogens (tertiary/aromatic N) is 2. The maximum atomic E-state index is 4.26. The molecule has 0 radical (unpaired) electrons. The van der Waals surface area contributed by atoms with Crippen molar-refractivity contribution in [2.75, 3.05) is 11.9 Å². The molecule has 4 nitrogen and oxygen atoms in total. The Hall–Kier alpha value is -3.14. The number of hydrogen-bond donors (Lipinski definition) is 2. The van der Waals surface area contributed by atoms with Crippen LogP contribution in [0.5, 0.6) is 0 Å². The average molecular weight is 314 g/mol. The Labute approximate surface area is 140 Å². The molecule has 2 heterocycles. The van der Waals surface area contributed by atoms with E-state index in [1.807, 2.05) is 12.1 Å². The van der Waals surface area contributed by atoms with Gasteiger partial charge in [-0.1, -0.05) is 48.5 Å². The smallest absolute Gasteiger partial charge is 0.222 e. The molecule has 0 saturated heterocycles. The highest BCUT2D eigenvalue weighted by molar-refractivity contribution is 5.84. The summed E-state index contributed by atoms with van der Waals surface area (Å²) in [6.07, 6.45) is 5.60. The minimum absolute atomic E-state index is 0.214. The molecule has 118 valence electrons. The summed E-state index contributed by atoms with van der Waals surface area (Å²) in [6.45, 7) is 0.732. The first-order valence-electron chi connectivity index (χ1n) is 8.03. The van der Waals surface area contributed by atoms with Crippen molar-refractivity contribution in [1.29, 1.82) is 0 Å². The molecule has 0 amide bonds. The van der Waals surface area contributed by atoms with Gasteiger partial charge >= 0.3 is 0 Å². The summed E-state index contributed by atoms with van der Waals surface area (Å²) < 4.78 is 0.